The fourth-order valence-corrected chi connectivity index (χ4v) is 20.4. The number of furan rings is 3. The zero-order chi connectivity index (χ0) is 78.6. The van der Waals surface area contributed by atoms with Crippen LogP contribution in [0.3, 0.4) is 0 Å². The van der Waals surface area contributed by atoms with Gasteiger partial charge in [-0.2, -0.15) is 0 Å². The number of pyridine rings is 1. The summed E-state index contributed by atoms with van der Waals surface area (Å²) in [6.07, 6.45) is 3.92. The van der Waals surface area contributed by atoms with Crippen LogP contribution in [0.5, 0.6) is 0 Å². The summed E-state index contributed by atoms with van der Waals surface area (Å²) in [6, 6.07) is 114. The van der Waals surface area contributed by atoms with E-state index in [4.69, 9.17) is 38.2 Å². The molecule has 0 fully saturated rings. The van der Waals surface area contributed by atoms with Crippen LogP contribution < -0.4 is 0 Å². The van der Waals surface area contributed by atoms with Gasteiger partial charge in [0.25, 0.3) is 0 Å². The first kappa shape index (κ1) is 67.7. The van der Waals surface area contributed by atoms with Crippen LogP contribution in [0.2, 0.25) is 0 Å². The third-order valence-corrected chi connectivity index (χ3v) is 26.1. The molecule has 3 aliphatic rings. The average Bonchev–Trinajstić information content (AvgIpc) is 1.56. The monoisotopic (exact) mass is 1510 g/mol. The van der Waals surface area contributed by atoms with Crippen molar-refractivity contribution in [3.8, 4) is 78.5 Å². The minimum absolute atomic E-state index is 0.173. The van der Waals surface area contributed by atoms with Gasteiger partial charge in [0.05, 0.1) is 22.2 Å². The van der Waals surface area contributed by atoms with E-state index in [0.717, 1.165) is 111 Å². The van der Waals surface area contributed by atoms with Crippen molar-refractivity contribution in [2.45, 2.75) is 57.8 Å². The summed E-state index contributed by atoms with van der Waals surface area (Å²) in [7, 11) is 0. The highest BCUT2D eigenvalue weighted by Gasteiger charge is 2.42. The standard InChI is InChI=1S/C39H26N2O.C37H24N2O.C34H23NO/c1-39(2)33-21-36-32(27-13-6-8-17-35(27)42-36)20-31(33)29-15-9-14-28(37(29)39)26-18-19-30(25-12-5-4-11-24(25)26)38-40-22-23-10-3-7-16-34(23)41-38;1-37(2)31-17-21(15-16-25(31)28-18-29-26-12-7-8-14-33(26)40-34(29)19-32(28)37)36-38-20-30-24-11-4-3-9-22(24)23-10-5-6-13-27(23)35(30)39-36;1-34(2)28-19-31-27(22-12-6-8-17-30(22)36-31)18-26(28)23-14-9-15-25(32(23)34)33-24-13-4-3-10-20(24)21-11-5-7-16-29(21)35-33/h3-22H,1-2H3;3-20H,1-2H3;3-19H,1-2H3. The van der Waals surface area contributed by atoms with Crippen LogP contribution in [0.4, 0.5) is 0 Å². The molecule has 23 aromatic rings. The molecule has 0 unspecified atom stereocenters. The number of benzene rings is 17. The highest BCUT2D eigenvalue weighted by atomic mass is 16.3. The molecule has 0 radical (unpaired) electrons. The van der Waals surface area contributed by atoms with Gasteiger partial charge in [-0.25, -0.2) is 24.9 Å². The van der Waals surface area contributed by atoms with E-state index >= 15 is 0 Å². The normalized spacial score (nSPS) is 13.9. The van der Waals surface area contributed by atoms with Crippen molar-refractivity contribution < 1.29 is 13.3 Å². The molecule has 17 aromatic carbocycles. The minimum Gasteiger partial charge on any atom is -0.456 e. The van der Waals surface area contributed by atoms with E-state index in [2.05, 4.69) is 315 Å². The lowest BCUT2D eigenvalue weighted by atomic mass is 9.78. The molecule has 0 spiro atoms. The number of nitrogens with zero attached hydrogens (tertiary/aromatic N) is 5. The van der Waals surface area contributed by atoms with E-state index in [-0.39, 0.29) is 16.2 Å². The largest absolute Gasteiger partial charge is 0.456 e. The summed E-state index contributed by atoms with van der Waals surface area (Å²) >= 11 is 0. The predicted molar refractivity (Wildman–Crippen MR) is 487 cm³/mol. The maximum Gasteiger partial charge on any atom is 0.160 e. The highest BCUT2D eigenvalue weighted by Crippen LogP contribution is 2.58. The van der Waals surface area contributed by atoms with Crippen molar-refractivity contribution >= 4 is 142 Å². The molecule has 26 rings (SSSR count). The molecule has 118 heavy (non-hydrogen) atoms. The van der Waals surface area contributed by atoms with Crippen molar-refractivity contribution in [3.63, 3.8) is 0 Å². The third kappa shape index (κ3) is 9.93. The fourth-order valence-electron chi connectivity index (χ4n) is 20.4. The van der Waals surface area contributed by atoms with Crippen LogP contribution in [0, 0.1) is 0 Å². The van der Waals surface area contributed by atoms with E-state index in [1.807, 2.05) is 60.9 Å². The van der Waals surface area contributed by atoms with Crippen molar-refractivity contribution in [2.75, 3.05) is 0 Å². The van der Waals surface area contributed by atoms with Crippen molar-refractivity contribution in [1.82, 2.24) is 24.9 Å². The summed E-state index contributed by atoms with van der Waals surface area (Å²) in [6.45, 7) is 14.0. The number of hydrogen-bond acceptors (Lipinski definition) is 8. The van der Waals surface area contributed by atoms with E-state index < -0.39 is 0 Å². The first-order chi connectivity index (χ1) is 57.8. The van der Waals surface area contributed by atoms with Gasteiger partial charge < -0.3 is 13.3 Å². The van der Waals surface area contributed by atoms with E-state index in [9.17, 15) is 0 Å². The molecule has 3 aliphatic carbocycles. The lowest BCUT2D eigenvalue weighted by molar-refractivity contribution is 0.647. The van der Waals surface area contributed by atoms with Gasteiger partial charge in [0.15, 0.2) is 11.6 Å². The Bertz CT molecular complexity index is 8280. The molecule has 0 bridgehead atoms. The first-order valence-corrected chi connectivity index (χ1v) is 40.7. The molecular formula is C110H73N5O3. The molecule has 0 saturated carbocycles. The lowest BCUT2D eigenvalue weighted by Crippen LogP contribution is -2.16. The molecular weight excluding hydrogens is 1440 g/mol. The first-order valence-electron chi connectivity index (χ1n) is 40.7. The van der Waals surface area contributed by atoms with Crippen LogP contribution in [-0.4, -0.2) is 24.9 Å². The minimum atomic E-state index is -0.199. The Morgan fingerprint density at radius 1 is 0.220 bits per heavy atom. The maximum atomic E-state index is 6.31. The Morgan fingerprint density at radius 3 is 1.20 bits per heavy atom. The molecule has 8 nitrogen and oxygen atoms in total. The predicted octanol–water partition coefficient (Wildman–Crippen LogP) is 29.4. The molecule has 8 heteroatoms. The zero-order valence-electron chi connectivity index (χ0n) is 65.7. The van der Waals surface area contributed by atoms with Gasteiger partial charge in [-0.1, -0.05) is 284 Å². The number of rotatable bonds is 4. The Hall–Kier alpha value is -14.7. The Labute approximate surface area is 679 Å². The number of fused-ring (bicyclic) bond motifs is 29. The molecule has 6 aromatic heterocycles. The van der Waals surface area contributed by atoms with Crippen LogP contribution >= 0.6 is 0 Å². The lowest BCUT2D eigenvalue weighted by Gasteiger charge is -2.25. The van der Waals surface area contributed by atoms with Gasteiger partial charge in [0.1, 0.15) is 33.5 Å². The summed E-state index contributed by atoms with van der Waals surface area (Å²) in [4.78, 5) is 25.0. The van der Waals surface area contributed by atoms with Gasteiger partial charge in [-0.15, -0.1) is 0 Å². The molecule has 556 valence electrons. The second-order valence-electron chi connectivity index (χ2n) is 33.6. The number of para-hydroxylation sites is 5. The topological polar surface area (TPSA) is 104 Å². The summed E-state index contributed by atoms with van der Waals surface area (Å²) < 4.78 is 18.8. The van der Waals surface area contributed by atoms with Crippen LogP contribution in [0.25, 0.3) is 220 Å². The van der Waals surface area contributed by atoms with Gasteiger partial charge in [0.2, 0.25) is 0 Å². The molecule has 0 atom stereocenters. The molecule has 0 N–H and O–H groups in total. The second kappa shape index (κ2) is 25.1. The quantitative estimate of drug-likeness (QED) is 0.161. The summed E-state index contributed by atoms with van der Waals surface area (Å²) in [5.74, 6) is 1.50. The van der Waals surface area contributed by atoms with Crippen molar-refractivity contribution in [3.05, 3.63) is 367 Å². The van der Waals surface area contributed by atoms with E-state index in [0.29, 0.717) is 0 Å². The highest BCUT2D eigenvalue weighted by molar-refractivity contribution is 6.24. The van der Waals surface area contributed by atoms with E-state index in [1.165, 1.54) is 143 Å². The Morgan fingerprint density at radius 2 is 0.619 bits per heavy atom. The maximum absolute atomic E-state index is 6.31. The number of hydrogen-bond donors (Lipinski definition) is 0. The smallest absolute Gasteiger partial charge is 0.160 e. The van der Waals surface area contributed by atoms with Crippen LogP contribution in [0.15, 0.2) is 347 Å². The Kier molecular flexibility index (Phi) is 14.4. The molecule has 0 saturated heterocycles. The molecule has 6 heterocycles. The van der Waals surface area contributed by atoms with Crippen LogP contribution in [0.1, 0.15) is 74.9 Å². The van der Waals surface area contributed by atoms with Gasteiger partial charge in [-0.3, -0.25) is 0 Å². The SMILES string of the molecule is CC1(C)c2cc(-c3ncc4c5ccccc5c5ccccc5c4n3)ccc2-c2cc3c(cc21)oc1ccccc13.CC1(C)c2cc3oc4ccccc4c3cc2-c2cccc(-c3ccc(-c4ncc5ccccc5n4)c4ccccc34)c21.CC1(C)c2cc3oc4ccccc4c3cc2-c2cccc(-c3nc4ccccc4c4ccccc34)c21. The average molecular weight is 1510 g/mol. The van der Waals surface area contributed by atoms with Gasteiger partial charge in [-0.05, 0) is 189 Å². The molecule has 0 aliphatic heterocycles. The van der Waals surface area contributed by atoms with Gasteiger partial charge in [0, 0.05) is 105 Å². The number of aromatic nitrogens is 5. The van der Waals surface area contributed by atoms with Crippen molar-refractivity contribution in [2.24, 2.45) is 0 Å². The summed E-state index contributed by atoms with van der Waals surface area (Å²) in [5, 5.41) is 19.9. The van der Waals surface area contributed by atoms with E-state index in [1.54, 1.807) is 0 Å². The van der Waals surface area contributed by atoms with Crippen molar-refractivity contribution in [1.29, 1.82) is 0 Å². The molecule has 0 amide bonds. The third-order valence-electron chi connectivity index (χ3n) is 26.1. The zero-order valence-corrected chi connectivity index (χ0v) is 65.7. The summed E-state index contributed by atoms with van der Waals surface area (Å²) in [5.41, 5.74) is 30.5. The fraction of sp³-hybridized carbons (Fsp3) is 0.0818. The van der Waals surface area contributed by atoms with Gasteiger partial charge >= 0.3 is 0 Å². The second-order valence-corrected chi connectivity index (χ2v) is 33.6. The van der Waals surface area contributed by atoms with Crippen LogP contribution in [-0.2, 0) is 16.2 Å². The Balaban J connectivity index is 0.000000101.